The SMILES string of the molecule is COC(=O)[C@@H]1[C@H]2CCC[C@H]2CN1C(=O)[C@@H](NC(=O)OC(C)(C)C)C(C)(C)C. The van der Waals surface area contributed by atoms with Crippen molar-refractivity contribution in [3.05, 3.63) is 0 Å². The zero-order valence-corrected chi connectivity index (χ0v) is 17.6. The first-order valence-electron chi connectivity index (χ1n) is 9.73. The predicted octanol–water partition coefficient (Wildman–Crippen LogP) is 2.73. The standard InChI is InChI=1S/C20H34N2O5/c1-19(2,3)15(21-18(25)27-20(4,5)6)16(23)22-11-12-9-8-10-13(12)14(22)17(24)26-7/h12-15H,8-11H2,1-7H3,(H,21,25)/t12-,13-,14-,15+/m0/s1. The molecule has 1 N–H and O–H groups in total. The van der Waals surface area contributed by atoms with Gasteiger partial charge in [0.1, 0.15) is 17.7 Å². The summed E-state index contributed by atoms with van der Waals surface area (Å²) in [5.74, 6) is -0.162. The number of methoxy groups -OCH3 is 1. The maximum Gasteiger partial charge on any atom is 0.408 e. The molecule has 1 heterocycles. The molecule has 0 aromatic rings. The number of esters is 1. The fourth-order valence-electron chi connectivity index (χ4n) is 4.19. The van der Waals surface area contributed by atoms with Crippen LogP contribution in [0.25, 0.3) is 0 Å². The molecule has 4 atom stereocenters. The van der Waals surface area contributed by atoms with Gasteiger partial charge in [-0.2, -0.15) is 0 Å². The van der Waals surface area contributed by atoms with Crippen LogP contribution in [0.3, 0.4) is 0 Å². The lowest BCUT2D eigenvalue weighted by Crippen LogP contribution is -2.58. The number of hydrogen-bond acceptors (Lipinski definition) is 5. The average molecular weight is 383 g/mol. The van der Waals surface area contributed by atoms with Gasteiger partial charge in [0.05, 0.1) is 7.11 Å². The van der Waals surface area contributed by atoms with Gasteiger partial charge in [0.15, 0.2) is 0 Å². The highest BCUT2D eigenvalue weighted by atomic mass is 16.6. The van der Waals surface area contributed by atoms with Crippen molar-refractivity contribution >= 4 is 18.0 Å². The van der Waals surface area contributed by atoms with Gasteiger partial charge in [-0.3, -0.25) is 4.79 Å². The second-order valence-electron chi connectivity index (χ2n) is 9.76. The van der Waals surface area contributed by atoms with Gasteiger partial charge >= 0.3 is 12.1 Å². The molecule has 0 spiro atoms. The van der Waals surface area contributed by atoms with Gasteiger partial charge in [-0.25, -0.2) is 9.59 Å². The normalized spacial score (nSPS) is 26.3. The van der Waals surface area contributed by atoms with E-state index in [9.17, 15) is 14.4 Å². The Morgan fingerprint density at radius 2 is 1.70 bits per heavy atom. The molecule has 7 heteroatoms. The Hall–Kier alpha value is -1.79. The molecule has 2 aliphatic rings. The van der Waals surface area contributed by atoms with Crippen LogP contribution in [-0.2, 0) is 19.1 Å². The summed E-state index contributed by atoms with van der Waals surface area (Å²) in [6.07, 6.45) is 2.38. The summed E-state index contributed by atoms with van der Waals surface area (Å²) in [6.45, 7) is 11.5. The Bertz CT molecular complexity index is 590. The number of carbonyl (C=O) groups is 3. The molecule has 0 aromatic carbocycles. The van der Waals surface area contributed by atoms with E-state index in [1.54, 1.807) is 25.7 Å². The first-order chi connectivity index (χ1) is 12.3. The van der Waals surface area contributed by atoms with Crippen molar-refractivity contribution in [2.24, 2.45) is 17.3 Å². The molecule has 1 aliphatic carbocycles. The van der Waals surface area contributed by atoms with E-state index in [4.69, 9.17) is 9.47 Å². The summed E-state index contributed by atoms with van der Waals surface area (Å²) >= 11 is 0. The lowest BCUT2D eigenvalue weighted by atomic mass is 9.85. The third-order valence-corrected chi connectivity index (χ3v) is 5.39. The monoisotopic (exact) mass is 382 g/mol. The van der Waals surface area contributed by atoms with Crippen molar-refractivity contribution in [1.82, 2.24) is 10.2 Å². The van der Waals surface area contributed by atoms with E-state index in [1.165, 1.54) is 7.11 Å². The summed E-state index contributed by atoms with van der Waals surface area (Å²) in [5.41, 5.74) is -1.19. The number of nitrogens with zero attached hydrogens (tertiary/aromatic N) is 1. The highest BCUT2D eigenvalue weighted by molar-refractivity contribution is 5.91. The van der Waals surface area contributed by atoms with E-state index in [1.807, 2.05) is 20.8 Å². The summed E-state index contributed by atoms with van der Waals surface area (Å²) in [4.78, 5) is 39.8. The van der Waals surface area contributed by atoms with Crippen LogP contribution in [0.2, 0.25) is 0 Å². The van der Waals surface area contributed by atoms with Crippen molar-refractivity contribution in [2.75, 3.05) is 13.7 Å². The number of carbonyl (C=O) groups excluding carboxylic acids is 3. The minimum Gasteiger partial charge on any atom is -0.467 e. The predicted molar refractivity (Wildman–Crippen MR) is 101 cm³/mol. The van der Waals surface area contributed by atoms with E-state index in [-0.39, 0.29) is 17.8 Å². The number of alkyl carbamates (subject to hydrolysis) is 1. The highest BCUT2D eigenvalue weighted by Crippen LogP contribution is 2.43. The Morgan fingerprint density at radius 3 is 2.22 bits per heavy atom. The van der Waals surface area contributed by atoms with Crippen LogP contribution in [0.1, 0.15) is 60.8 Å². The minimum absolute atomic E-state index is 0.142. The van der Waals surface area contributed by atoms with Gasteiger partial charge < -0.3 is 19.7 Å². The van der Waals surface area contributed by atoms with Crippen LogP contribution in [0, 0.1) is 17.3 Å². The van der Waals surface area contributed by atoms with Crippen LogP contribution in [0.15, 0.2) is 0 Å². The third-order valence-electron chi connectivity index (χ3n) is 5.39. The molecule has 2 rings (SSSR count). The highest BCUT2D eigenvalue weighted by Gasteiger charge is 2.52. The minimum atomic E-state index is -0.793. The van der Waals surface area contributed by atoms with E-state index in [2.05, 4.69) is 5.32 Å². The quantitative estimate of drug-likeness (QED) is 0.759. The molecule has 27 heavy (non-hydrogen) atoms. The van der Waals surface area contributed by atoms with Crippen molar-refractivity contribution in [1.29, 1.82) is 0 Å². The third kappa shape index (κ3) is 4.93. The van der Waals surface area contributed by atoms with Gasteiger partial charge in [0, 0.05) is 6.54 Å². The summed E-state index contributed by atoms with van der Waals surface area (Å²) in [7, 11) is 1.35. The summed E-state index contributed by atoms with van der Waals surface area (Å²) < 4.78 is 10.3. The number of fused-ring (bicyclic) bond motifs is 1. The molecule has 2 amide bonds. The lowest BCUT2D eigenvalue weighted by molar-refractivity contribution is -0.154. The molecule has 0 aromatic heterocycles. The first kappa shape index (κ1) is 21.5. The number of hydrogen-bond donors (Lipinski definition) is 1. The molecule has 1 aliphatic heterocycles. The first-order valence-corrected chi connectivity index (χ1v) is 9.73. The molecule has 7 nitrogen and oxygen atoms in total. The van der Waals surface area contributed by atoms with Crippen LogP contribution < -0.4 is 5.32 Å². The fourth-order valence-corrected chi connectivity index (χ4v) is 4.19. The Labute approximate surface area is 162 Å². The fraction of sp³-hybridized carbons (Fsp3) is 0.850. The Morgan fingerprint density at radius 1 is 1.07 bits per heavy atom. The molecule has 1 saturated heterocycles. The lowest BCUT2D eigenvalue weighted by Gasteiger charge is -2.36. The van der Waals surface area contributed by atoms with Crippen LogP contribution in [-0.4, -0.2) is 54.2 Å². The van der Waals surface area contributed by atoms with Gasteiger partial charge in [-0.05, 0) is 50.9 Å². The maximum atomic E-state index is 13.4. The Kier molecular flexibility index (Phi) is 6.12. The van der Waals surface area contributed by atoms with Crippen molar-refractivity contribution in [3.8, 4) is 0 Å². The maximum absolute atomic E-state index is 13.4. The second-order valence-corrected chi connectivity index (χ2v) is 9.76. The second kappa shape index (κ2) is 7.68. The molecule has 0 radical (unpaired) electrons. The number of nitrogens with one attached hydrogen (secondary N) is 1. The number of amides is 2. The van der Waals surface area contributed by atoms with Crippen molar-refractivity contribution in [2.45, 2.75) is 78.5 Å². The number of rotatable bonds is 3. The zero-order valence-electron chi connectivity index (χ0n) is 17.6. The van der Waals surface area contributed by atoms with E-state index < -0.39 is 29.2 Å². The molecule has 154 valence electrons. The summed E-state index contributed by atoms with van der Waals surface area (Å²) in [5, 5.41) is 2.73. The average Bonchev–Trinajstić information content (AvgIpc) is 3.08. The Balaban J connectivity index is 2.23. The van der Waals surface area contributed by atoms with Crippen LogP contribution in [0.4, 0.5) is 4.79 Å². The van der Waals surface area contributed by atoms with Gasteiger partial charge in [0.2, 0.25) is 5.91 Å². The molecule has 0 unspecified atom stereocenters. The summed E-state index contributed by atoms with van der Waals surface area (Å²) in [6, 6.07) is -1.36. The van der Waals surface area contributed by atoms with Crippen molar-refractivity contribution in [3.63, 3.8) is 0 Å². The topological polar surface area (TPSA) is 84.9 Å². The molecule has 0 bridgehead atoms. The van der Waals surface area contributed by atoms with E-state index in [0.717, 1.165) is 19.3 Å². The van der Waals surface area contributed by atoms with Crippen LogP contribution >= 0.6 is 0 Å². The van der Waals surface area contributed by atoms with Gasteiger partial charge in [-0.1, -0.05) is 27.2 Å². The van der Waals surface area contributed by atoms with Gasteiger partial charge in [-0.15, -0.1) is 0 Å². The van der Waals surface area contributed by atoms with Gasteiger partial charge in [0.25, 0.3) is 0 Å². The zero-order chi connectivity index (χ0) is 20.6. The molecule has 1 saturated carbocycles. The smallest absolute Gasteiger partial charge is 0.408 e. The molecular formula is C20H34N2O5. The number of likely N-dealkylation sites (tertiary alicyclic amines) is 1. The number of ether oxygens (including phenoxy) is 2. The van der Waals surface area contributed by atoms with E-state index >= 15 is 0 Å². The largest absolute Gasteiger partial charge is 0.467 e. The van der Waals surface area contributed by atoms with E-state index in [0.29, 0.717) is 12.5 Å². The van der Waals surface area contributed by atoms with Crippen molar-refractivity contribution < 1.29 is 23.9 Å². The molecule has 2 fully saturated rings. The van der Waals surface area contributed by atoms with Crippen LogP contribution in [0.5, 0.6) is 0 Å². The molecular weight excluding hydrogens is 348 g/mol.